The van der Waals surface area contributed by atoms with E-state index >= 15 is 0 Å². The molecule has 0 spiro atoms. The Balaban J connectivity index is 1.39. The van der Waals surface area contributed by atoms with Gasteiger partial charge in [-0.25, -0.2) is 4.79 Å². The number of anilines is 2. The summed E-state index contributed by atoms with van der Waals surface area (Å²) >= 11 is 0. The molecule has 4 N–H and O–H groups in total. The van der Waals surface area contributed by atoms with Crippen LogP contribution in [0, 0.1) is 0 Å². The van der Waals surface area contributed by atoms with Crippen LogP contribution in [0.25, 0.3) is 0 Å². The van der Waals surface area contributed by atoms with Gasteiger partial charge in [-0.05, 0) is 37.1 Å². The first-order valence-corrected chi connectivity index (χ1v) is 9.06. The summed E-state index contributed by atoms with van der Waals surface area (Å²) in [6.45, 7) is 3.29. The van der Waals surface area contributed by atoms with Crippen LogP contribution < -0.4 is 21.3 Å². The van der Waals surface area contributed by atoms with Crippen LogP contribution in [0.5, 0.6) is 0 Å². The molecule has 8 nitrogen and oxygen atoms in total. The van der Waals surface area contributed by atoms with Crippen molar-refractivity contribution in [2.24, 2.45) is 0 Å². The zero-order valence-corrected chi connectivity index (χ0v) is 14.8. The number of benzene rings is 1. The molecule has 0 aliphatic carbocycles. The Hall–Kier alpha value is -2.16. The Kier molecular flexibility index (Phi) is 6.82. The van der Waals surface area contributed by atoms with Gasteiger partial charge < -0.3 is 30.7 Å². The van der Waals surface area contributed by atoms with Crippen molar-refractivity contribution in [2.45, 2.75) is 31.4 Å². The topological polar surface area (TPSA) is 101 Å². The van der Waals surface area contributed by atoms with E-state index in [1.807, 2.05) is 0 Å². The standard InChI is InChI=1S/C18H26N4O4/c23-17(10-15-12-25-9-7-19-15)21-13-3-5-14(6-4-13)22-18(24)20-11-16-2-1-8-26-16/h3-6,15-16,19H,1-2,7-12H2,(H,21,23)(H2,20,22,24). The summed E-state index contributed by atoms with van der Waals surface area (Å²) < 4.78 is 10.8. The van der Waals surface area contributed by atoms with Crippen LogP contribution in [0.15, 0.2) is 24.3 Å². The number of hydrogen-bond donors (Lipinski definition) is 4. The SMILES string of the molecule is O=C(CC1COCCN1)Nc1ccc(NC(=O)NCC2CCCO2)cc1. The molecular formula is C18H26N4O4. The first kappa shape index (κ1) is 18.6. The Labute approximate surface area is 153 Å². The molecule has 0 saturated carbocycles. The lowest BCUT2D eigenvalue weighted by Gasteiger charge is -2.23. The summed E-state index contributed by atoms with van der Waals surface area (Å²) in [7, 11) is 0. The van der Waals surface area contributed by atoms with E-state index in [0.29, 0.717) is 37.6 Å². The normalized spacial score (nSPS) is 22.6. The third kappa shape index (κ3) is 5.98. The second-order valence-corrected chi connectivity index (χ2v) is 6.53. The highest BCUT2D eigenvalue weighted by Crippen LogP contribution is 2.15. The van der Waals surface area contributed by atoms with Crippen LogP contribution >= 0.6 is 0 Å². The molecule has 2 aliphatic heterocycles. The summed E-state index contributed by atoms with van der Waals surface area (Å²) in [4.78, 5) is 23.9. The Morgan fingerprint density at radius 3 is 2.54 bits per heavy atom. The van der Waals surface area contributed by atoms with Gasteiger partial charge in [-0.2, -0.15) is 0 Å². The highest BCUT2D eigenvalue weighted by molar-refractivity contribution is 5.92. The lowest BCUT2D eigenvalue weighted by Crippen LogP contribution is -2.43. The van der Waals surface area contributed by atoms with Crippen molar-refractivity contribution in [1.29, 1.82) is 0 Å². The van der Waals surface area contributed by atoms with Gasteiger partial charge in [-0.1, -0.05) is 0 Å². The van der Waals surface area contributed by atoms with Crippen LogP contribution in [-0.2, 0) is 14.3 Å². The van der Waals surface area contributed by atoms with Crippen molar-refractivity contribution in [3.63, 3.8) is 0 Å². The Morgan fingerprint density at radius 2 is 1.88 bits per heavy atom. The summed E-state index contributed by atoms with van der Waals surface area (Å²) in [5, 5.41) is 11.7. The van der Waals surface area contributed by atoms with Crippen molar-refractivity contribution in [3.05, 3.63) is 24.3 Å². The number of ether oxygens (including phenoxy) is 2. The van der Waals surface area contributed by atoms with Crippen LogP contribution in [0.1, 0.15) is 19.3 Å². The molecule has 1 aromatic rings. The van der Waals surface area contributed by atoms with E-state index in [1.165, 1.54) is 0 Å². The van der Waals surface area contributed by atoms with Crippen molar-refractivity contribution in [1.82, 2.24) is 10.6 Å². The average Bonchev–Trinajstić information content (AvgIpc) is 3.16. The predicted octanol–water partition coefficient (Wildman–Crippen LogP) is 1.30. The fourth-order valence-corrected chi connectivity index (χ4v) is 3.01. The van der Waals surface area contributed by atoms with Crippen molar-refractivity contribution >= 4 is 23.3 Å². The molecule has 8 heteroatoms. The number of morpholine rings is 1. The maximum atomic E-state index is 12.1. The third-order valence-corrected chi connectivity index (χ3v) is 4.37. The molecule has 3 amide bonds. The zero-order valence-electron chi connectivity index (χ0n) is 14.8. The van der Waals surface area contributed by atoms with E-state index < -0.39 is 0 Å². The van der Waals surface area contributed by atoms with Gasteiger partial charge in [0.05, 0.1) is 19.3 Å². The van der Waals surface area contributed by atoms with Crippen LogP contribution in [0.4, 0.5) is 16.2 Å². The first-order chi connectivity index (χ1) is 12.7. The number of carbonyl (C=O) groups excluding carboxylic acids is 2. The van der Waals surface area contributed by atoms with Crippen LogP contribution in [0.3, 0.4) is 0 Å². The quantitative estimate of drug-likeness (QED) is 0.611. The fraction of sp³-hybridized carbons (Fsp3) is 0.556. The molecule has 1 aromatic carbocycles. The molecule has 0 radical (unpaired) electrons. The van der Waals surface area contributed by atoms with Crippen molar-refractivity contribution < 1.29 is 19.1 Å². The van der Waals surface area contributed by atoms with Gasteiger partial charge in [0.15, 0.2) is 0 Å². The van der Waals surface area contributed by atoms with Crippen LogP contribution in [0.2, 0.25) is 0 Å². The molecule has 2 unspecified atom stereocenters. The van der Waals surface area contributed by atoms with Gasteiger partial charge in [-0.3, -0.25) is 4.79 Å². The molecule has 2 heterocycles. The third-order valence-electron chi connectivity index (χ3n) is 4.37. The minimum absolute atomic E-state index is 0.0530. The van der Waals surface area contributed by atoms with Crippen molar-refractivity contribution in [2.75, 3.05) is 43.5 Å². The lowest BCUT2D eigenvalue weighted by molar-refractivity contribution is -0.117. The molecule has 2 atom stereocenters. The molecule has 2 aliphatic rings. The number of amides is 3. The predicted molar refractivity (Wildman–Crippen MR) is 98.3 cm³/mol. The number of hydrogen-bond acceptors (Lipinski definition) is 5. The molecule has 0 bridgehead atoms. The van der Waals surface area contributed by atoms with E-state index in [2.05, 4.69) is 21.3 Å². The van der Waals surface area contributed by atoms with Crippen molar-refractivity contribution in [3.8, 4) is 0 Å². The number of nitrogens with one attached hydrogen (secondary N) is 4. The van der Waals surface area contributed by atoms with E-state index in [9.17, 15) is 9.59 Å². The summed E-state index contributed by atoms with van der Waals surface area (Å²) in [6, 6.07) is 6.82. The lowest BCUT2D eigenvalue weighted by atomic mass is 10.2. The number of urea groups is 1. The first-order valence-electron chi connectivity index (χ1n) is 9.06. The zero-order chi connectivity index (χ0) is 18.2. The smallest absolute Gasteiger partial charge is 0.319 e. The van der Waals surface area contributed by atoms with E-state index in [1.54, 1.807) is 24.3 Å². The largest absolute Gasteiger partial charge is 0.378 e. The molecule has 2 saturated heterocycles. The van der Waals surface area contributed by atoms with Gasteiger partial charge in [0, 0.05) is 43.5 Å². The van der Waals surface area contributed by atoms with Gasteiger partial charge in [0.25, 0.3) is 0 Å². The van der Waals surface area contributed by atoms with E-state index in [0.717, 1.165) is 26.0 Å². The van der Waals surface area contributed by atoms with Gasteiger partial charge in [0.1, 0.15) is 0 Å². The van der Waals surface area contributed by atoms with Gasteiger partial charge >= 0.3 is 6.03 Å². The Bertz CT molecular complexity index is 596. The summed E-state index contributed by atoms with van der Waals surface area (Å²) in [5.74, 6) is -0.0667. The maximum Gasteiger partial charge on any atom is 0.319 e. The minimum Gasteiger partial charge on any atom is -0.378 e. The molecule has 0 aromatic heterocycles. The Morgan fingerprint density at radius 1 is 1.12 bits per heavy atom. The molecule has 142 valence electrons. The van der Waals surface area contributed by atoms with Crippen LogP contribution in [-0.4, -0.2) is 57.0 Å². The second-order valence-electron chi connectivity index (χ2n) is 6.53. The monoisotopic (exact) mass is 362 g/mol. The second kappa shape index (κ2) is 9.51. The highest BCUT2D eigenvalue weighted by atomic mass is 16.5. The van der Waals surface area contributed by atoms with E-state index in [-0.39, 0.29) is 24.1 Å². The van der Waals surface area contributed by atoms with Gasteiger partial charge in [0.2, 0.25) is 5.91 Å². The fourth-order valence-electron chi connectivity index (χ4n) is 3.01. The molecule has 2 fully saturated rings. The number of rotatable bonds is 6. The summed E-state index contributed by atoms with van der Waals surface area (Å²) in [6.07, 6.45) is 2.51. The maximum absolute atomic E-state index is 12.1. The molecule has 26 heavy (non-hydrogen) atoms. The summed E-state index contributed by atoms with van der Waals surface area (Å²) in [5.41, 5.74) is 1.35. The number of carbonyl (C=O) groups is 2. The van der Waals surface area contributed by atoms with Gasteiger partial charge in [-0.15, -0.1) is 0 Å². The highest BCUT2D eigenvalue weighted by Gasteiger charge is 2.17. The van der Waals surface area contributed by atoms with E-state index in [4.69, 9.17) is 9.47 Å². The molecular weight excluding hydrogens is 336 g/mol. The average molecular weight is 362 g/mol. The minimum atomic E-state index is -0.263. The molecule has 3 rings (SSSR count).